The first-order valence-corrected chi connectivity index (χ1v) is 11.4. The Hall–Kier alpha value is -2.49. The van der Waals surface area contributed by atoms with Crippen LogP contribution in [0, 0.1) is 0 Å². The van der Waals surface area contributed by atoms with Crippen LogP contribution in [0.15, 0.2) is 48.0 Å². The number of sulfonamides is 1. The molecule has 8 nitrogen and oxygen atoms in total. The van der Waals surface area contributed by atoms with Crippen LogP contribution in [-0.2, 0) is 17.1 Å². The Morgan fingerprint density at radius 3 is 2.70 bits per heavy atom. The molecule has 0 amide bonds. The highest BCUT2D eigenvalue weighted by Crippen LogP contribution is 2.40. The fourth-order valence-electron chi connectivity index (χ4n) is 3.68. The van der Waals surface area contributed by atoms with E-state index in [1.54, 1.807) is 28.8 Å². The number of aromatic nitrogens is 4. The fourth-order valence-corrected chi connectivity index (χ4v) is 5.50. The molecule has 3 heterocycles. The Bertz CT molecular complexity index is 1180. The molecule has 0 unspecified atom stereocenters. The van der Waals surface area contributed by atoms with E-state index in [4.69, 9.17) is 16.6 Å². The quantitative estimate of drug-likeness (QED) is 0.598. The Morgan fingerprint density at radius 2 is 2.03 bits per heavy atom. The Labute approximate surface area is 181 Å². The van der Waals surface area contributed by atoms with Gasteiger partial charge in [0.1, 0.15) is 0 Å². The maximum Gasteiger partial charge on any atom is 0.262 e. The van der Waals surface area contributed by atoms with E-state index in [2.05, 4.69) is 9.97 Å². The topological polar surface area (TPSA) is 84.2 Å². The summed E-state index contributed by atoms with van der Waals surface area (Å²) in [5.41, 5.74) is 2.30. The number of hydrogen-bond acceptors (Lipinski definition) is 6. The van der Waals surface area contributed by atoms with Gasteiger partial charge in [0.2, 0.25) is 5.95 Å². The van der Waals surface area contributed by atoms with Gasteiger partial charge >= 0.3 is 0 Å². The van der Waals surface area contributed by atoms with Gasteiger partial charge < -0.3 is 9.47 Å². The predicted molar refractivity (Wildman–Crippen MR) is 116 cm³/mol. The zero-order chi connectivity index (χ0) is 21.5. The van der Waals surface area contributed by atoms with Crippen molar-refractivity contribution < 1.29 is 8.42 Å². The van der Waals surface area contributed by atoms with Gasteiger partial charge in [-0.2, -0.15) is 4.31 Å². The number of benzene rings is 1. The number of hydrogen-bond donors (Lipinski definition) is 0. The first kappa shape index (κ1) is 20.8. The number of anilines is 1. The van der Waals surface area contributed by atoms with Crippen LogP contribution < -0.4 is 4.90 Å². The van der Waals surface area contributed by atoms with E-state index in [1.807, 2.05) is 32.3 Å². The maximum atomic E-state index is 13.3. The average Bonchev–Trinajstić information content (AvgIpc) is 3.37. The summed E-state index contributed by atoms with van der Waals surface area (Å²) in [4.78, 5) is 15.1. The van der Waals surface area contributed by atoms with Crippen molar-refractivity contribution in [3.05, 3.63) is 53.7 Å². The molecule has 30 heavy (non-hydrogen) atoms. The molecule has 10 heteroatoms. The molecule has 3 aromatic rings. The number of nitrogens with zero attached hydrogens (tertiary/aromatic N) is 6. The molecule has 1 saturated heterocycles. The summed E-state index contributed by atoms with van der Waals surface area (Å²) >= 11 is 6.21. The first-order valence-electron chi connectivity index (χ1n) is 9.57. The van der Waals surface area contributed by atoms with E-state index in [0.29, 0.717) is 29.6 Å². The second-order valence-electron chi connectivity index (χ2n) is 7.52. The van der Waals surface area contributed by atoms with Crippen molar-refractivity contribution in [2.45, 2.75) is 23.9 Å². The maximum absolute atomic E-state index is 13.3. The minimum absolute atomic E-state index is 0.0445. The molecule has 1 atom stereocenters. The van der Waals surface area contributed by atoms with E-state index in [0.717, 1.165) is 17.5 Å². The molecule has 1 aliphatic rings. The van der Waals surface area contributed by atoms with Gasteiger partial charge in [0.05, 0.1) is 18.1 Å². The molecule has 0 saturated carbocycles. The SMILES string of the molecule is CN(C)c1ncc(-c2cccc(Cl)c2)c([C@@H]2CCCN2S(=O)(=O)c2cn(C)cn2)n1. The first-order chi connectivity index (χ1) is 14.3. The van der Waals surface area contributed by atoms with Crippen molar-refractivity contribution in [2.24, 2.45) is 7.05 Å². The molecular formula is C20H23ClN6O2S. The minimum atomic E-state index is -3.75. The van der Waals surface area contributed by atoms with Gasteiger partial charge in [-0.3, -0.25) is 0 Å². The van der Waals surface area contributed by atoms with Gasteiger partial charge in [-0.25, -0.2) is 23.4 Å². The lowest BCUT2D eigenvalue weighted by Crippen LogP contribution is -2.32. The van der Waals surface area contributed by atoms with Crippen molar-refractivity contribution >= 4 is 27.6 Å². The van der Waals surface area contributed by atoms with Crippen molar-refractivity contribution in [1.29, 1.82) is 0 Å². The summed E-state index contributed by atoms with van der Waals surface area (Å²) in [5.74, 6) is 0.526. The summed E-state index contributed by atoms with van der Waals surface area (Å²) < 4.78 is 29.8. The van der Waals surface area contributed by atoms with E-state index < -0.39 is 16.1 Å². The lowest BCUT2D eigenvalue weighted by atomic mass is 10.0. The Kier molecular flexibility index (Phi) is 5.52. The van der Waals surface area contributed by atoms with E-state index in [9.17, 15) is 8.42 Å². The van der Waals surface area contributed by atoms with E-state index in [1.165, 1.54) is 16.8 Å². The van der Waals surface area contributed by atoms with Gasteiger partial charge in [-0.15, -0.1) is 0 Å². The van der Waals surface area contributed by atoms with Crippen molar-refractivity contribution in [2.75, 3.05) is 25.5 Å². The second kappa shape index (κ2) is 7.98. The molecular weight excluding hydrogens is 424 g/mol. The molecule has 1 aliphatic heterocycles. The van der Waals surface area contributed by atoms with Crippen molar-refractivity contribution in [1.82, 2.24) is 23.8 Å². The molecule has 158 valence electrons. The normalized spacial score (nSPS) is 17.4. The number of rotatable bonds is 5. The van der Waals surface area contributed by atoms with Crippen molar-refractivity contribution in [3.63, 3.8) is 0 Å². The third-order valence-electron chi connectivity index (χ3n) is 5.11. The standard InChI is InChI=1S/C20H23ClN6O2S/c1-25(2)20-22-11-16(14-6-4-7-15(21)10-14)19(24-20)17-8-5-9-27(17)30(28,29)18-12-26(3)13-23-18/h4,6-7,10-13,17H,5,8-9H2,1-3H3/t17-/m0/s1. The fraction of sp³-hybridized carbons (Fsp3) is 0.350. The monoisotopic (exact) mass is 446 g/mol. The molecule has 4 rings (SSSR count). The average molecular weight is 447 g/mol. The lowest BCUT2D eigenvalue weighted by molar-refractivity contribution is 0.389. The van der Waals surface area contributed by atoms with Crippen LogP contribution in [0.5, 0.6) is 0 Å². The molecule has 0 aliphatic carbocycles. The van der Waals surface area contributed by atoms with Gasteiger partial charge in [0, 0.05) is 50.7 Å². The summed E-state index contributed by atoms with van der Waals surface area (Å²) in [5, 5.41) is 0.641. The highest BCUT2D eigenvalue weighted by Gasteiger charge is 2.39. The third kappa shape index (κ3) is 3.80. The van der Waals surface area contributed by atoms with Gasteiger partial charge in [-0.05, 0) is 30.5 Å². The predicted octanol–water partition coefficient (Wildman–Crippen LogP) is 3.12. The van der Waals surface area contributed by atoms with E-state index in [-0.39, 0.29) is 5.03 Å². The summed E-state index contributed by atoms with van der Waals surface area (Å²) in [6.45, 7) is 0.417. The Balaban J connectivity index is 1.84. The van der Waals surface area contributed by atoms with Gasteiger partial charge in [0.25, 0.3) is 10.0 Å². The molecule has 2 aromatic heterocycles. The Morgan fingerprint density at radius 1 is 1.23 bits per heavy atom. The number of imidazole rings is 1. The van der Waals surface area contributed by atoms with Gasteiger partial charge in [-0.1, -0.05) is 23.7 Å². The van der Waals surface area contributed by atoms with Gasteiger partial charge in [0.15, 0.2) is 5.03 Å². The zero-order valence-electron chi connectivity index (χ0n) is 17.0. The number of halogens is 1. The third-order valence-corrected chi connectivity index (χ3v) is 7.14. The molecule has 0 radical (unpaired) electrons. The summed E-state index contributed by atoms with van der Waals surface area (Å²) in [6.07, 6.45) is 6.17. The highest BCUT2D eigenvalue weighted by atomic mass is 35.5. The molecule has 1 fully saturated rings. The molecule has 0 spiro atoms. The lowest BCUT2D eigenvalue weighted by Gasteiger charge is -2.25. The van der Waals surface area contributed by atoms with Crippen molar-refractivity contribution in [3.8, 4) is 11.1 Å². The van der Waals surface area contributed by atoms with E-state index >= 15 is 0 Å². The smallest absolute Gasteiger partial charge is 0.262 e. The van der Waals surface area contributed by atoms with Crippen LogP contribution in [0.2, 0.25) is 5.02 Å². The molecule has 1 aromatic carbocycles. The van der Waals surface area contributed by atoms with Crippen LogP contribution in [0.4, 0.5) is 5.95 Å². The summed E-state index contributed by atoms with van der Waals surface area (Å²) in [7, 11) is 1.71. The zero-order valence-corrected chi connectivity index (χ0v) is 18.6. The largest absolute Gasteiger partial charge is 0.347 e. The van der Waals surface area contributed by atoms with Crippen LogP contribution >= 0.6 is 11.6 Å². The second-order valence-corrected chi connectivity index (χ2v) is 9.80. The van der Waals surface area contributed by atoms with Crippen LogP contribution in [0.3, 0.4) is 0 Å². The number of aryl methyl sites for hydroxylation is 1. The molecule has 0 bridgehead atoms. The highest BCUT2D eigenvalue weighted by molar-refractivity contribution is 7.89. The van der Waals surface area contributed by atoms with Crippen LogP contribution in [0.25, 0.3) is 11.1 Å². The van der Waals surface area contributed by atoms with Crippen LogP contribution in [0.1, 0.15) is 24.6 Å². The minimum Gasteiger partial charge on any atom is -0.347 e. The van der Waals surface area contributed by atoms with Crippen LogP contribution in [-0.4, -0.2) is 52.9 Å². The molecule has 0 N–H and O–H groups in total. The summed E-state index contributed by atoms with van der Waals surface area (Å²) in [6, 6.07) is 7.01.